The lowest BCUT2D eigenvalue weighted by Gasteiger charge is -2.25. The van der Waals surface area contributed by atoms with E-state index in [1.165, 1.54) is 10.6 Å². The molecule has 1 aliphatic heterocycles. The van der Waals surface area contributed by atoms with Crippen LogP contribution in [0.25, 0.3) is 0 Å². The first-order chi connectivity index (χ1) is 14.6. The van der Waals surface area contributed by atoms with Crippen molar-refractivity contribution in [3.8, 4) is 11.5 Å². The Labute approximate surface area is 184 Å². The van der Waals surface area contributed by atoms with E-state index in [2.05, 4.69) is 5.32 Å². The van der Waals surface area contributed by atoms with Crippen LogP contribution in [0.3, 0.4) is 0 Å². The number of hydrogen-bond donors (Lipinski definition) is 1. The fourth-order valence-electron chi connectivity index (χ4n) is 3.56. The van der Waals surface area contributed by atoms with Crippen molar-refractivity contribution < 1.29 is 22.7 Å². The third kappa shape index (κ3) is 5.91. The molecule has 0 spiro atoms. The van der Waals surface area contributed by atoms with Gasteiger partial charge in [0.05, 0.1) is 18.0 Å². The molecule has 0 saturated carbocycles. The number of aryl methyl sites for hydroxylation is 2. The molecule has 1 aliphatic rings. The van der Waals surface area contributed by atoms with Crippen LogP contribution in [0.4, 0.5) is 5.69 Å². The van der Waals surface area contributed by atoms with Crippen LogP contribution in [0, 0.1) is 13.8 Å². The highest BCUT2D eigenvalue weighted by Gasteiger charge is 2.20. The number of amides is 1. The van der Waals surface area contributed by atoms with Crippen molar-refractivity contribution in [1.82, 2.24) is 5.32 Å². The topological polar surface area (TPSA) is 84.9 Å². The summed E-state index contributed by atoms with van der Waals surface area (Å²) in [5.74, 6) is 1.26. The van der Waals surface area contributed by atoms with Crippen LogP contribution in [0.2, 0.25) is 0 Å². The van der Waals surface area contributed by atoms with Crippen molar-refractivity contribution >= 4 is 21.6 Å². The van der Waals surface area contributed by atoms with E-state index in [9.17, 15) is 13.2 Å². The zero-order valence-corrected chi connectivity index (χ0v) is 19.3. The molecule has 1 amide bonds. The van der Waals surface area contributed by atoms with Crippen LogP contribution in [-0.4, -0.2) is 40.3 Å². The number of rotatable bonds is 8. The molecule has 3 rings (SSSR count). The normalized spacial score (nSPS) is 14.1. The van der Waals surface area contributed by atoms with Gasteiger partial charge in [-0.25, -0.2) is 8.42 Å². The molecule has 168 valence electrons. The highest BCUT2D eigenvalue weighted by atomic mass is 32.2. The maximum Gasteiger partial charge on any atom is 0.232 e. The lowest BCUT2D eigenvalue weighted by Crippen LogP contribution is -2.33. The van der Waals surface area contributed by atoms with Gasteiger partial charge in [0.25, 0.3) is 0 Å². The van der Waals surface area contributed by atoms with Crippen LogP contribution < -0.4 is 19.1 Å². The number of carbonyl (C=O) groups is 1. The fourth-order valence-corrected chi connectivity index (χ4v) is 4.58. The molecule has 1 atom stereocenters. The van der Waals surface area contributed by atoms with E-state index in [-0.39, 0.29) is 24.9 Å². The Morgan fingerprint density at radius 2 is 1.81 bits per heavy atom. The average molecular weight is 447 g/mol. The Morgan fingerprint density at radius 3 is 2.52 bits per heavy atom. The van der Waals surface area contributed by atoms with Crippen LogP contribution in [0.15, 0.2) is 36.4 Å². The quantitative estimate of drug-likeness (QED) is 0.671. The molecule has 0 aliphatic carbocycles. The third-order valence-corrected chi connectivity index (χ3v) is 6.42. The van der Waals surface area contributed by atoms with Crippen molar-refractivity contribution in [1.29, 1.82) is 0 Å². The minimum absolute atomic E-state index is 0.128. The molecule has 0 aromatic heterocycles. The molecular formula is C23H30N2O5S. The summed E-state index contributed by atoms with van der Waals surface area (Å²) < 4.78 is 37.2. The van der Waals surface area contributed by atoms with E-state index in [1.807, 2.05) is 57.2 Å². The highest BCUT2D eigenvalue weighted by molar-refractivity contribution is 7.92. The molecule has 0 saturated heterocycles. The van der Waals surface area contributed by atoms with Gasteiger partial charge in [-0.05, 0) is 62.1 Å². The Bertz CT molecular complexity index is 1050. The van der Waals surface area contributed by atoms with Crippen LogP contribution >= 0.6 is 0 Å². The minimum atomic E-state index is -3.45. The predicted molar refractivity (Wildman–Crippen MR) is 121 cm³/mol. The Kier molecular flexibility index (Phi) is 7.10. The van der Waals surface area contributed by atoms with E-state index in [0.29, 0.717) is 36.8 Å². The molecule has 1 heterocycles. The van der Waals surface area contributed by atoms with Gasteiger partial charge >= 0.3 is 0 Å². The lowest BCUT2D eigenvalue weighted by atomic mass is 10.1. The van der Waals surface area contributed by atoms with Gasteiger partial charge in [0.15, 0.2) is 11.5 Å². The van der Waals surface area contributed by atoms with Gasteiger partial charge in [-0.1, -0.05) is 18.2 Å². The van der Waals surface area contributed by atoms with E-state index >= 15 is 0 Å². The van der Waals surface area contributed by atoms with E-state index in [1.54, 1.807) is 0 Å². The molecule has 2 aromatic carbocycles. The zero-order chi connectivity index (χ0) is 22.6. The molecule has 8 heteroatoms. The highest BCUT2D eigenvalue weighted by Crippen LogP contribution is 2.32. The Balaban J connectivity index is 1.58. The number of anilines is 1. The summed E-state index contributed by atoms with van der Waals surface area (Å²) in [5.41, 5.74) is 3.45. The van der Waals surface area contributed by atoms with Crippen LogP contribution in [-0.2, 0) is 14.8 Å². The van der Waals surface area contributed by atoms with Crippen molar-refractivity contribution in [3.63, 3.8) is 0 Å². The number of ether oxygens (including phenoxy) is 2. The second kappa shape index (κ2) is 9.60. The Hall–Kier alpha value is -2.74. The van der Waals surface area contributed by atoms with Crippen molar-refractivity contribution in [3.05, 3.63) is 53.1 Å². The maximum atomic E-state index is 12.5. The molecule has 1 N–H and O–H groups in total. The number of carbonyl (C=O) groups excluding carboxylic acids is 1. The summed E-state index contributed by atoms with van der Waals surface area (Å²) in [6.45, 7) is 7.00. The lowest BCUT2D eigenvalue weighted by molar-refractivity contribution is -0.121. The summed E-state index contributed by atoms with van der Waals surface area (Å²) in [5, 5.41) is 2.97. The Morgan fingerprint density at radius 1 is 1.10 bits per heavy atom. The molecule has 0 fully saturated rings. The molecule has 0 radical (unpaired) electrons. The smallest absolute Gasteiger partial charge is 0.232 e. The number of benzene rings is 2. The number of nitrogens with zero attached hydrogens (tertiary/aromatic N) is 1. The van der Waals surface area contributed by atoms with Gasteiger partial charge < -0.3 is 14.8 Å². The van der Waals surface area contributed by atoms with Gasteiger partial charge in [0.2, 0.25) is 15.9 Å². The maximum absolute atomic E-state index is 12.5. The van der Waals surface area contributed by atoms with Crippen LogP contribution in [0.1, 0.15) is 42.5 Å². The number of hydrogen-bond acceptors (Lipinski definition) is 5. The second-order valence-corrected chi connectivity index (χ2v) is 9.83. The van der Waals surface area contributed by atoms with Gasteiger partial charge in [-0.3, -0.25) is 9.10 Å². The summed E-state index contributed by atoms with van der Waals surface area (Å²) in [6, 6.07) is 11.2. The van der Waals surface area contributed by atoms with Gasteiger partial charge in [0.1, 0.15) is 13.2 Å². The van der Waals surface area contributed by atoms with Gasteiger partial charge in [0, 0.05) is 13.0 Å². The standard InChI is InChI=1S/C23H30N2O5S/c1-16-7-8-17(2)20(14-16)25(31(4,27)28)11-5-6-23(26)24-18(3)19-9-10-21-22(15-19)30-13-12-29-21/h7-10,14-15,18H,5-6,11-13H2,1-4H3,(H,24,26). The SMILES string of the molecule is Cc1ccc(C)c(N(CCCC(=O)NC(C)c2ccc3c(c2)OCCO3)S(C)(=O)=O)c1. The first-order valence-corrected chi connectivity index (χ1v) is 12.2. The molecule has 2 aromatic rings. The number of sulfonamides is 1. The molecular weight excluding hydrogens is 416 g/mol. The van der Waals surface area contributed by atoms with Gasteiger partial charge in [-0.2, -0.15) is 0 Å². The van der Waals surface area contributed by atoms with Crippen molar-refractivity contribution in [2.75, 3.05) is 30.3 Å². The zero-order valence-electron chi connectivity index (χ0n) is 18.5. The summed E-state index contributed by atoms with van der Waals surface area (Å²) in [4.78, 5) is 12.5. The van der Waals surface area contributed by atoms with Crippen molar-refractivity contribution in [2.24, 2.45) is 0 Å². The largest absolute Gasteiger partial charge is 0.486 e. The molecule has 1 unspecified atom stereocenters. The summed E-state index contributed by atoms with van der Waals surface area (Å²) in [7, 11) is -3.45. The number of fused-ring (bicyclic) bond motifs is 1. The van der Waals surface area contributed by atoms with E-state index < -0.39 is 10.0 Å². The summed E-state index contributed by atoms with van der Waals surface area (Å²) in [6.07, 6.45) is 1.84. The minimum Gasteiger partial charge on any atom is -0.486 e. The number of nitrogens with one attached hydrogen (secondary N) is 1. The van der Waals surface area contributed by atoms with Crippen LogP contribution in [0.5, 0.6) is 11.5 Å². The molecule has 7 nitrogen and oxygen atoms in total. The summed E-state index contributed by atoms with van der Waals surface area (Å²) >= 11 is 0. The first-order valence-electron chi connectivity index (χ1n) is 10.4. The fraction of sp³-hybridized carbons (Fsp3) is 0.435. The predicted octanol–water partition coefficient (Wildman–Crippen LogP) is 3.50. The van der Waals surface area contributed by atoms with Crippen molar-refractivity contribution in [2.45, 2.75) is 39.7 Å². The van der Waals surface area contributed by atoms with Gasteiger partial charge in [-0.15, -0.1) is 0 Å². The molecule has 31 heavy (non-hydrogen) atoms. The molecule has 0 bridgehead atoms. The average Bonchev–Trinajstić information content (AvgIpc) is 2.72. The first kappa shape index (κ1) is 22.9. The van der Waals surface area contributed by atoms with E-state index in [0.717, 1.165) is 16.7 Å². The monoisotopic (exact) mass is 446 g/mol. The van der Waals surface area contributed by atoms with E-state index in [4.69, 9.17) is 9.47 Å². The third-order valence-electron chi connectivity index (χ3n) is 5.24. The second-order valence-electron chi connectivity index (χ2n) is 7.92.